The minimum absolute atomic E-state index is 0.196. The van der Waals surface area contributed by atoms with Gasteiger partial charge in [-0.2, -0.15) is 13.2 Å². The maximum absolute atomic E-state index is 12.5. The van der Waals surface area contributed by atoms with E-state index in [1.807, 2.05) is 20.8 Å². The molecule has 0 aromatic heterocycles. The molecule has 0 rings (SSSR count). The zero-order valence-corrected chi connectivity index (χ0v) is 9.82. The Morgan fingerprint density at radius 1 is 1.13 bits per heavy atom. The number of nitrogens with one attached hydrogen (secondary N) is 1. The summed E-state index contributed by atoms with van der Waals surface area (Å²) < 4.78 is 37.5. The highest BCUT2D eigenvalue weighted by atomic mass is 19.4. The number of hydrogen-bond acceptors (Lipinski definition) is 1. The van der Waals surface area contributed by atoms with Gasteiger partial charge in [-0.25, -0.2) is 0 Å². The minimum Gasteiger partial charge on any atom is -0.306 e. The molecule has 0 radical (unpaired) electrons. The monoisotopic (exact) mass is 225 g/mol. The summed E-state index contributed by atoms with van der Waals surface area (Å²) in [5.41, 5.74) is 0. The summed E-state index contributed by atoms with van der Waals surface area (Å²) in [6.45, 7) is 6.37. The van der Waals surface area contributed by atoms with Gasteiger partial charge in [-0.1, -0.05) is 33.6 Å². The summed E-state index contributed by atoms with van der Waals surface area (Å²) in [6.07, 6.45) is -1.68. The van der Waals surface area contributed by atoms with Gasteiger partial charge in [0.2, 0.25) is 0 Å². The van der Waals surface area contributed by atoms with Crippen LogP contribution in [-0.4, -0.2) is 18.8 Å². The number of alkyl halides is 3. The van der Waals surface area contributed by atoms with Crippen LogP contribution < -0.4 is 5.32 Å². The molecule has 15 heavy (non-hydrogen) atoms. The van der Waals surface area contributed by atoms with Gasteiger partial charge in [-0.05, 0) is 25.3 Å². The number of halogens is 3. The second-order valence-electron chi connectivity index (χ2n) is 4.37. The first-order chi connectivity index (χ1) is 6.88. The first-order valence-corrected chi connectivity index (χ1v) is 5.68. The fraction of sp³-hybridized carbons (Fsp3) is 1.00. The molecule has 1 atom stereocenters. The van der Waals surface area contributed by atoms with Gasteiger partial charge < -0.3 is 5.32 Å². The lowest BCUT2D eigenvalue weighted by Crippen LogP contribution is -2.42. The molecular weight excluding hydrogens is 203 g/mol. The molecule has 1 nitrogen and oxygen atoms in total. The van der Waals surface area contributed by atoms with Gasteiger partial charge in [0.15, 0.2) is 0 Å². The predicted molar refractivity (Wildman–Crippen MR) is 56.8 cm³/mol. The average Bonchev–Trinajstić information content (AvgIpc) is 2.08. The molecule has 0 saturated carbocycles. The third-order valence-corrected chi connectivity index (χ3v) is 2.31. The van der Waals surface area contributed by atoms with Crippen LogP contribution in [0.15, 0.2) is 0 Å². The molecule has 4 heteroatoms. The van der Waals surface area contributed by atoms with E-state index in [-0.39, 0.29) is 6.42 Å². The summed E-state index contributed by atoms with van der Waals surface area (Å²) in [5, 5.41) is 2.56. The zero-order valence-electron chi connectivity index (χ0n) is 9.82. The van der Waals surface area contributed by atoms with E-state index in [1.54, 1.807) is 0 Å². The lowest BCUT2D eigenvalue weighted by atomic mass is 10.0. The maximum atomic E-state index is 12.5. The Morgan fingerprint density at radius 3 is 2.13 bits per heavy atom. The van der Waals surface area contributed by atoms with Crippen LogP contribution in [0.1, 0.15) is 46.5 Å². The molecule has 0 heterocycles. The van der Waals surface area contributed by atoms with Gasteiger partial charge in [-0.15, -0.1) is 0 Å². The van der Waals surface area contributed by atoms with Gasteiger partial charge in [0.1, 0.15) is 6.04 Å². The highest BCUT2D eigenvalue weighted by Crippen LogP contribution is 2.24. The summed E-state index contributed by atoms with van der Waals surface area (Å²) in [4.78, 5) is 0. The summed E-state index contributed by atoms with van der Waals surface area (Å²) >= 11 is 0. The van der Waals surface area contributed by atoms with Crippen molar-refractivity contribution in [2.24, 2.45) is 5.92 Å². The Morgan fingerprint density at radius 2 is 1.73 bits per heavy atom. The highest BCUT2D eigenvalue weighted by molar-refractivity contribution is 4.74. The van der Waals surface area contributed by atoms with Crippen molar-refractivity contribution < 1.29 is 13.2 Å². The van der Waals surface area contributed by atoms with Crippen molar-refractivity contribution in [2.75, 3.05) is 6.54 Å². The zero-order chi connectivity index (χ0) is 11.9. The van der Waals surface area contributed by atoms with E-state index in [9.17, 15) is 13.2 Å². The van der Waals surface area contributed by atoms with E-state index in [4.69, 9.17) is 0 Å². The minimum atomic E-state index is -4.11. The molecular formula is C11H22F3N. The third-order valence-electron chi connectivity index (χ3n) is 2.31. The van der Waals surface area contributed by atoms with E-state index in [0.29, 0.717) is 18.9 Å². The molecule has 0 aromatic rings. The second kappa shape index (κ2) is 7.09. The van der Waals surface area contributed by atoms with Crippen molar-refractivity contribution in [3.63, 3.8) is 0 Å². The van der Waals surface area contributed by atoms with Crippen LogP contribution in [0.5, 0.6) is 0 Å². The second-order valence-corrected chi connectivity index (χ2v) is 4.37. The van der Waals surface area contributed by atoms with E-state index in [0.717, 1.165) is 12.8 Å². The van der Waals surface area contributed by atoms with E-state index >= 15 is 0 Å². The number of hydrogen-bond donors (Lipinski definition) is 1. The van der Waals surface area contributed by atoms with Gasteiger partial charge >= 0.3 is 6.18 Å². The first kappa shape index (κ1) is 14.8. The van der Waals surface area contributed by atoms with Gasteiger partial charge in [0, 0.05) is 0 Å². The summed E-state index contributed by atoms with van der Waals surface area (Å²) in [7, 11) is 0. The van der Waals surface area contributed by atoms with Crippen molar-refractivity contribution in [3.05, 3.63) is 0 Å². The molecule has 0 amide bonds. The van der Waals surface area contributed by atoms with E-state index in [2.05, 4.69) is 5.32 Å². The van der Waals surface area contributed by atoms with E-state index < -0.39 is 12.2 Å². The first-order valence-electron chi connectivity index (χ1n) is 5.68. The van der Waals surface area contributed by atoms with Crippen LogP contribution >= 0.6 is 0 Å². The fourth-order valence-electron chi connectivity index (χ4n) is 1.43. The van der Waals surface area contributed by atoms with Crippen molar-refractivity contribution in [2.45, 2.75) is 58.7 Å². The summed E-state index contributed by atoms with van der Waals surface area (Å²) in [5.74, 6) is 0.477. The van der Waals surface area contributed by atoms with Gasteiger partial charge in [0.05, 0.1) is 0 Å². The molecule has 1 N–H and O–H groups in total. The third kappa shape index (κ3) is 7.65. The van der Waals surface area contributed by atoms with Gasteiger partial charge in [-0.3, -0.25) is 0 Å². The SMILES string of the molecule is CCCNC(CCCC(C)C)C(F)(F)F. The smallest absolute Gasteiger partial charge is 0.306 e. The lowest BCUT2D eigenvalue weighted by molar-refractivity contribution is -0.157. The molecule has 0 bridgehead atoms. The van der Waals surface area contributed by atoms with Crippen molar-refractivity contribution >= 4 is 0 Å². The van der Waals surface area contributed by atoms with E-state index in [1.165, 1.54) is 0 Å². The Bertz CT molecular complexity index is 154. The molecule has 0 aliphatic carbocycles. The molecule has 0 fully saturated rings. The van der Waals surface area contributed by atoms with Crippen LogP contribution in [0, 0.1) is 5.92 Å². The molecule has 0 saturated heterocycles. The highest BCUT2D eigenvalue weighted by Gasteiger charge is 2.38. The average molecular weight is 225 g/mol. The molecule has 0 aliphatic rings. The quantitative estimate of drug-likeness (QED) is 0.696. The predicted octanol–water partition coefficient (Wildman–Crippen LogP) is 3.74. The van der Waals surface area contributed by atoms with Crippen LogP contribution in [0.4, 0.5) is 13.2 Å². The topological polar surface area (TPSA) is 12.0 Å². The van der Waals surface area contributed by atoms with Crippen molar-refractivity contribution in [1.29, 1.82) is 0 Å². The Hall–Kier alpha value is -0.250. The standard InChI is InChI=1S/C11H22F3N/c1-4-8-15-10(11(12,13)14)7-5-6-9(2)3/h9-10,15H,4-8H2,1-3H3. The molecule has 0 aliphatic heterocycles. The Balaban J connectivity index is 3.91. The molecule has 1 unspecified atom stereocenters. The summed E-state index contributed by atoms with van der Waals surface area (Å²) in [6, 6.07) is -1.32. The maximum Gasteiger partial charge on any atom is 0.403 e. The Kier molecular flexibility index (Phi) is 6.98. The lowest BCUT2D eigenvalue weighted by Gasteiger charge is -2.21. The van der Waals surface area contributed by atoms with Gasteiger partial charge in [0.25, 0.3) is 0 Å². The van der Waals surface area contributed by atoms with Crippen molar-refractivity contribution in [3.8, 4) is 0 Å². The largest absolute Gasteiger partial charge is 0.403 e. The molecule has 92 valence electrons. The molecule has 0 aromatic carbocycles. The van der Waals surface area contributed by atoms with Crippen LogP contribution in [0.3, 0.4) is 0 Å². The van der Waals surface area contributed by atoms with Crippen LogP contribution in [-0.2, 0) is 0 Å². The van der Waals surface area contributed by atoms with Crippen molar-refractivity contribution in [1.82, 2.24) is 5.32 Å². The van der Waals surface area contributed by atoms with Crippen LogP contribution in [0.25, 0.3) is 0 Å². The van der Waals surface area contributed by atoms with Crippen LogP contribution in [0.2, 0.25) is 0 Å². The fourth-order valence-corrected chi connectivity index (χ4v) is 1.43. The normalized spacial score (nSPS) is 14.6. The Labute approximate surface area is 90.4 Å². The molecule has 0 spiro atoms. The number of rotatable bonds is 7.